The van der Waals surface area contributed by atoms with Gasteiger partial charge in [0.1, 0.15) is 0 Å². The molecule has 19 heavy (non-hydrogen) atoms. The number of nitrogens with two attached hydrogens (primary N) is 1. The lowest BCUT2D eigenvalue weighted by atomic mass is 9.83. The SMILES string of the molecule is Nc1nc(NCCC2CCC2)nc(N2CCCC2)n1. The predicted octanol–water partition coefficient (Wildman–Crippen LogP) is 1.66. The molecule has 6 heteroatoms. The molecule has 2 heterocycles. The summed E-state index contributed by atoms with van der Waals surface area (Å²) in [6.45, 7) is 2.96. The van der Waals surface area contributed by atoms with Gasteiger partial charge in [0.05, 0.1) is 0 Å². The molecule has 3 N–H and O–H groups in total. The Kier molecular flexibility index (Phi) is 3.66. The first-order valence-electron chi connectivity index (χ1n) is 7.31. The Hall–Kier alpha value is -1.59. The second-order valence-corrected chi connectivity index (χ2v) is 5.52. The minimum absolute atomic E-state index is 0.308. The molecule has 0 atom stereocenters. The predicted molar refractivity (Wildman–Crippen MR) is 76.1 cm³/mol. The van der Waals surface area contributed by atoms with Crippen molar-refractivity contribution in [2.75, 3.05) is 35.6 Å². The fourth-order valence-electron chi connectivity index (χ4n) is 2.69. The van der Waals surface area contributed by atoms with Gasteiger partial charge in [-0.2, -0.15) is 15.0 Å². The quantitative estimate of drug-likeness (QED) is 0.840. The molecule has 1 saturated carbocycles. The molecule has 0 aromatic carbocycles. The Balaban J connectivity index is 1.59. The molecular weight excluding hydrogens is 240 g/mol. The Labute approximate surface area is 113 Å². The summed E-state index contributed by atoms with van der Waals surface area (Å²) in [7, 11) is 0. The highest BCUT2D eigenvalue weighted by Crippen LogP contribution is 2.29. The van der Waals surface area contributed by atoms with Gasteiger partial charge in [0.2, 0.25) is 17.8 Å². The van der Waals surface area contributed by atoms with Crippen LogP contribution in [0.5, 0.6) is 0 Å². The number of nitrogen functional groups attached to an aromatic ring is 1. The van der Waals surface area contributed by atoms with Gasteiger partial charge in [-0.15, -0.1) is 0 Å². The molecule has 0 spiro atoms. The molecule has 0 unspecified atom stereocenters. The number of hydrogen-bond donors (Lipinski definition) is 2. The van der Waals surface area contributed by atoms with Gasteiger partial charge >= 0.3 is 0 Å². The second-order valence-electron chi connectivity index (χ2n) is 5.52. The van der Waals surface area contributed by atoms with Crippen molar-refractivity contribution in [1.82, 2.24) is 15.0 Å². The maximum absolute atomic E-state index is 5.77. The van der Waals surface area contributed by atoms with Crippen molar-refractivity contribution in [2.24, 2.45) is 5.92 Å². The van der Waals surface area contributed by atoms with Crippen LogP contribution in [0.15, 0.2) is 0 Å². The standard InChI is InChI=1S/C13H22N6/c14-11-16-12(15-7-6-10-4-3-5-10)18-13(17-11)19-8-1-2-9-19/h10H,1-9H2,(H3,14,15,16,17,18). The van der Waals surface area contributed by atoms with E-state index in [-0.39, 0.29) is 0 Å². The molecule has 0 amide bonds. The van der Waals surface area contributed by atoms with Crippen LogP contribution in [0, 0.1) is 5.92 Å². The summed E-state index contributed by atoms with van der Waals surface area (Å²) in [6, 6.07) is 0. The number of aromatic nitrogens is 3. The van der Waals surface area contributed by atoms with Gasteiger partial charge in [-0.05, 0) is 25.2 Å². The van der Waals surface area contributed by atoms with Crippen LogP contribution in [0.3, 0.4) is 0 Å². The van der Waals surface area contributed by atoms with Crippen LogP contribution in [-0.4, -0.2) is 34.6 Å². The van der Waals surface area contributed by atoms with Crippen LogP contribution in [0.4, 0.5) is 17.8 Å². The van der Waals surface area contributed by atoms with Crippen molar-refractivity contribution in [3.8, 4) is 0 Å². The van der Waals surface area contributed by atoms with E-state index in [1.807, 2.05) is 0 Å². The second kappa shape index (κ2) is 5.59. The average molecular weight is 262 g/mol. The van der Waals surface area contributed by atoms with Crippen molar-refractivity contribution < 1.29 is 0 Å². The molecule has 1 aliphatic heterocycles. The Bertz CT molecular complexity index is 425. The van der Waals surface area contributed by atoms with Crippen LogP contribution in [0.25, 0.3) is 0 Å². The van der Waals surface area contributed by atoms with Gasteiger partial charge in [0.15, 0.2) is 0 Å². The van der Waals surface area contributed by atoms with E-state index in [1.165, 1.54) is 38.5 Å². The molecule has 1 saturated heterocycles. The van der Waals surface area contributed by atoms with E-state index in [1.54, 1.807) is 0 Å². The lowest BCUT2D eigenvalue weighted by molar-refractivity contribution is 0.303. The fourth-order valence-corrected chi connectivity index (χ4v) is 2.69. The summed E-state index contributed by atoms with van der Waals surface area (Å²) < 4.78 is 0. The summed E-state index contributed by atoms with van der Waals surface area (Å²) in [6.07, 6.45) is 7.75. The minimum Gasteiger partial charge on any atom is -0.368 e. The summed E-state index contributed by atoms with van der Waals surface area (Å²) in [5.41, 5.74) is 5.77. The molecule has 0 bridgehead atoms. The lowest BCUT2D eigenvalue weighted by Crippen LogP contribution is -2.22. The van der Waals surface area contributed by atoms with Gasteiger partial charge in [0.25, 0.3) is 0 Å². The zero-order valence-corrected chi connectivity index (χ0v) is 11.3. The van der Waals surface area contributed by atoms with E-state index >= 15 is 0 Å². The summed E-state index contributed by atoms with van der Waals surface area (Å²) in [4.78, 5) is 15.0. The van der Waals surface area contributed by atoms with Gasteiger partial charge in [-0.1, -0.05) is 19.3 Å². The third kappa shape index (κ3) is 3.05. The third-order valence-electron chi connectivity index (χ3n) is 4.09. The number of rotatable bonds is 5. The zero-order valence-electron chi connectivity index (χ0n) is 11.3. The van der Waals surface area contributed by atoms with Crippen molar-refractivity contribution in [3.05, 3.63) is 0 Å². The summed E-state index contributed by atoms with van der Waals surface area (Å²) in [5.74, 6) is 2.54. The zero-order chi connectivity index (χ0) is 13.1. The van der Waals surface area contributed by atoms with E-state index < -0.39 is 0 Å². The summed E-state index contributed by atoms with van der Waals surface area (Å²) in [5, 5.41) is 3.28. The van der Waals surface area contributed by atoms with E-state index in [4.69, 9.17) is 5.73 Å². The molecule has 3 rings (SSSR count). The fraction of sp³-hybridized carbons (Fsp3) is 0.769. The highest BCUT2D eigenvalue weighted by molar-refractivity contribution is 5.42. The first-order valence-corrected chi connectivity index (χ1v) is 7.31. The van der Waals surface area contributed by atoms with Crippen LogP contribution in [0.1, 0.15) is 38.5 Å². The van der Waals surface area contributed by atoms with Crippen LogP contribution < -0.4 is 16.0 Å². The molecule has 1 aliphatic carbocycles. The highest BCUT2D eigenvalue weighted by atomic mass is 15.3. The van der Waals surface area contributed by atoms with Crippen LogP contribution in [0.2, 0.25) is 0 Å². The molecule has 1 aromatic heterocycles. The minimum atomic E-state index is 0.308. The van der Waals surface area contributed by atoms with E-state index in [0.29, 0.717) is 11.9 Å². The number of nitrogens with zero attached hydrogens (tertiary/aromatic N) is 4. The molecule has 1 aromatic rings. The summed E-state index contributed by atoms with van der Waals surface area (Å²) >= 11 is 0. The van der Waals surface area contributed by atoms with Crippen molar-refractivity contribution in [1.29, 1.82) is 0 Å². The maximum Gasteiger partial charge on any atom is 0.231 e. The van der Waals surface area contributed by atoms with Crippen LogP contribution in [-0.2, 0) is 0 Å². The van der Waals surface area contributed by atoms with E-state index in [9.17, 15) is 0 Å². The maximum atomic E-state index is 5.77. The first-order chi connectivity index (χ1) is 9.31. The number of nitrogens with one attached hydrogen (secondary N) is 1. The third-order valence-corrected chi connectivity index (χ3v) is 4.09. The molecule has 0 radical (unpaired) electrons. The first kappa shape index (κ1) is 12.4. The molecular formula is C13H22N6. The smallest absolute Gasteiger partial charge is 0.231 e. The average Bonchev–Trinajstić information content (AvgIpc) is 2.85. The van der Waals surface area contributed by atoms with Crippen molar-refractivity contribution >= 4 is 17.8 Å². The van der Waals surface area contributed by atoms with Gasteiger partial charge in [0, 0.05) is 19.6 Å². The molecule has 104 valence electrons. The van der Waals surface area contributed by atoms with E-state index in [2.05, 4.69) is 25.2 Å². The normalized spacial score (nSPS) is 19.5. The van der Waals surface area contributed by atoms with Gasteiger partial charge in [-0.25, -0.2) is 0 Å². The van der Waals surface area contributed by atoms with E-state index in [0.717, 1.165) is 31.5 Å². The van der Waals surface area contributed by atoms with Crippen molar-refractivity contribution in [3.63, 3.8) is 0 Å². The highest BCUT2D eigenvalue weighted by Gasteiger charge is 2.18. The topological polar surface area (TPSA) is 80.0 Å². The Morgan fingerprint density at radius 1 is 1.11 bits per heavy atom. The number of anilines is 3. The Morgan fingerprint density at radius 3 is 2.58 bits per heavy atom. The van der Waals surface area contributed by atoms with Gasteiger partial charge in [-0.3, -0.25) is 0 Å². The lowest BCUT2D eigenvalue weighted by Gasteiger charge is -2.25. The van der Waals surface area contributed by atoms with Gasteiger partial charge < -0.3 is 16.0 Å². The Morgan fingerprint density at radius 2 is 1.89 bits per heavy atom. The largest absolute Gasteiger partial charge is 0.368 e. The molecule has 2 aliphatic rings. The molecule has 2 fully saturated rings. The molecule has 6 nitrogen and oxygen atoms in total. The van der Waals surface area contributed by atoms with Crippen molar-refractivity contribution in [2.45, 2.75) is 38.5 Å². The monoisotopic (exact) mass is 262 g/mol. The number of hydrogen-bond acceptors (Lipinski definition) is 6. The van der Waals surface area contributed by atoms with Crippen LogP contribution >= 0.6 is 0 Å².